The van der Waals surface area contributed by atoms with E-state index in [2.05, 4.69) is 15.5 Å². The number of amides is 1. The fourth-order valence-corrected chi connectivity index (χ4v) is 2.98. The van der Waals surface area contributed by atoms with E-state index in [4.69, 9.17) is 9.26 Å². The zero-order valence-electron chi connectivity index (χ0n) is 14.6. The maximum Gasteiger partial charge on any atom is 0.409 e. The van der Waals surface area contributed by atoms with Gasteiger partial charge in [-0.3, -0.25) is 0 Å². The lowest BCUT2D eigenvalue weighted by Crippen LogP contribution is -2.45. The summed E-state index contributed by atoms with van der Waals surface area (Å²) >= 11 is 0. The maximum absolute atomic E-state index is 11.7. The molecule has 7 nitrogen and oxygen atoms in total. The zero-order chi connectivity index (χ0) is 17.6. The average molecular weight is 344 g/mol. The van der Waals surface area contributed by atoms with Crippen molar-refractivity contribution < 1.29 is 14.1 Å². The van der Waals surface area contributed by atoms with Crippen LogP contribution in [0.4, 0.5) is 4.79 Å². The number of benzene rings is 1. The van der Waals surface area contributed by atoms with Crippen molar-refractivity contribution in [1.82, 2.24) is 20.4 Å². The number of rotatable bonds is 5. The summed E-state index contributed by atoms with van der Waals surface area (Å²) in [6.07, 6.45) is 1.54. The second-order valence-electron chi connectivity index (χ2n) is 6.17. The summed E-state index contributed by atoms with van der Waals surface area (Å²) in [6, 6.07) is 10.0. The van der Waals surface area contributed by atoms with Crippen molar-refractivity contribution in [3.63, 3.8) is 0 Å². The highest BCUT2D eigenvalue weighted by Crippen LogP contribution is 2.20. The molecule has 0 unspecified atom stereocenters. The summed E-state index contributed by atoms with van der Waals surface area (Å²) in [7, 11) is 0. The van der Waals surface area contributed by atoms with Gasteiger partial charge < -0.3 is 19.5 Å². The average Bonchev–Trinajstić information content (AvgIpc) is 3.13. The van der Waals surface area contributed by atoms with Gasteiger partial charge in [-0.2, -0.15) is 4.98 Å². The van der Waals surface area contributed by atoms with Gasteiger partial charge in [-0.25, -0.2) is 4.79 Å². The molecule has 1 aromatic heterocycles. The smallest absolute Gasteiger partial charge is 0.409 e. The third-order valence-corrected chi connectivity index (χ3v) is 4.36. The molecule has 0 saturated carbocycles. The van der Waals surface area contributed by atoms with E-state index in [0.717, 1.165) is 18.4 Å². The minimum atomic E-state index is -0.223. The van der Waals surface area contributed by atoms with Gasteiger partial charge in [-0.05, 0) is 38.8 Å². The van der Waals surface area contributed by atoms with Crippen molar-refractivity contribution in [1.29, 1.82) is 0 Å². The van der Waals surface area contributed by atoms with Crippen molar-refractivity contribution in [3.05, 3.63) is 36.2 Å². The van der Waals surface area contributed by atoms with E-state index >= 15 is 0 Å². The SMILES string of the molecule is CCOC(=O)N1CCC(N[C@@H](C)c2noc(-c3ccccc3)n2)CC1. The Bertz CT molecular complexity index is 681. The summed E-state index contributed by atoms with van der Waals surface area (Å²) in [5.74, 6) is 1.17. The molecule has 1 aliphatic heterocycles. The molecule has 0 aliphatic carbocycles. The van der Waals surface area contributed by atoms with E-state index < -0.39 is 0 Å². The van der Waals surface area contributed by atoms with Crippen LogP contribution in [-0.2, 0) is 4.74 Å². The number of nitrogens with one attached hydrogen (secondary N) is 1. The summed E-state index contributed by atoms with van der Waals surface area (Å²) in [5, 5.41) is 7.62. The molecule has 2 aromatic rings. The molecular formula is C18H24N4O3. The third kappa shape index (κ3) is 4.36. The molecule has 3 rings (SSSR count). The predicted octanol–water partition coefficient (Wildman–Crippen LogP) is 3.01. The van der Waals surface area contributed by atoms with Crippen molar-refractivity contribution in [2.75, 3.05) is 19.7 Å². The Morgan fingerprint density at radius 2 is 2.08 bits per heavy atom. The molecule has 1 aliphatic rings. The van der Waals surface area contributed by atoms with Gasteiger partial charge in [0.2, 0.25) is 0 Å². The van der Waals surface area contributed by atoms with Crippen molar-refractivity contribution >= 4 is 6.09 Å². The maximum atomic E-state index is 11.7. The van der Waals surface area contributed by atoms with E-state index in [1.165, 1.54) is 0 Å². The quantitative estimate of drug-likeness (QED) is 0.898. The normalized spacial score (nSPS) is 16.6. The minimum Gasteiger partial charge on any atom is -0.450 e. The number of hydrogen-bond donors (Lipinski definition) is 1. The first-order valence-electron chi connectivity index (χ1n) is 8.74. The number of piperidine rings is 1. The molecule has 1 fully saturated rings. The fraction of sp³-hybridized carbons (Fsp3) is 0.500. The van der Waals surface area contributed by atoms with Crippen LogP contribution in [0.2, 0.25) is 0 Å². The number of likely N-dealkylation sites (tertiary alicyclic amines) is 1. The first kappa shape index (κ1) is 17.4. The van der Waals surface area contributed by atoms with Crippen LogP contribution in [0.25, 0.3) is 11.5 Å². The van der Waals surface area contributed by atoms with E-state index in [1.54, 1.807) is 4.90 Å². The monoisotopic (exact) mass is 344 g/mol. The molecule has 1 amide bonds. The number of carbonyl (C=O) groups is 1. The highest BCUT2D eigenvalue weighted by atomic mass is 16.6. The van der Waals surface area contributed by atoms with Crippen LogP contribution in [0.15, 0.2) is 34.9 Å². The number of carbonyl (C=O) groups excluding carboxylic acids is 1. The molecule has 25 heavy (non-hydrogen) atoms. The molecule has 2 heterocycles. The van der Waals surface area contributed by atoms with Gasteiger partial charge in [0.1, 0.15) is 0 Å². The Balaban J connectivity index is 1.53. The summed E-state index contributed by atoms with van der Waals surface area (Å²) in [5.41, 5.74) is 0.913. The Labute approximate surface area is 147 Å². The Kier molecular flexibility index (Phi) is 5.65. The lowest BCUT2D eigenvalue weighted by atomic mass is 10.0. The van der Waals surface area contributed by atoms with E-state index in [9.17, 15) is 4.79 Å². The molecule has 7 heteroatoms. The number of nitrogens with zero attached hydrogens (tertiary/aromatic N) is 3. The van der Waals surface area contributed by atoms with Crippen LogP contribution in [0.3, 0.4) is 0 Å². The topological polar surface area (TPSA) is 80.5 Å². The summed E-state index contributed by atoms with van der Waals surface area (Å²) < 4.78 is 10.4. The summed E-state index contributed by atoms with van der Waals surface area (Å²) in [4.78, 5) is 18.0. The van der Waals surface area contributed by atoms with Crippen LogP contribution in [-0.4, -0.2) is 46.9 Å². The Hall–Kier alpha value is -2.41. The van der Waals surface area contributed by atoms with Crippen LogP contribution < -0.4 is 5.32 Å². The van der Waals surface area contributed by atoms with Crippen LogP contribution >= 0.6 is 0 Å². The van der Waals surface area contributed by atoms with Crippen LogP contribution in [0.5, 0.6) is 0 Å². The van der Waals surface area contributed by atoms with E-state index in [1.807, 2.05) is 44.2 Å². The van der Waals surface area contributed by atoms with Crippen molar-refractivity contribution in [2.45, 2.75) is 38.8 Å². The highest BCUT2D eigenvalue weighted by molar-refractivity contribution is 5.67. The first-order valence-corrected chi connectivity index (χ1v) is 8.74. The van der Waals surface area contributed by atoms with Gasteiger partial charge in [0.15, 0.2) is 5.82 Å². The van der Waals surface area contributed by atoms with Gasteiger partial charge in [-0.1, -0.05) is 23.4 Å². The van der Waals surface area contributed by atoms with E-state index in [-0.39, 0.29) is 12.1 Å². The fourth-order valence-electron chi connectivity index (χ4n) is 2.98. The lowest BCUT2D eigenvalue weighted by molar-refractivity contribution is 0.0942. The number of ether oxygens (including phenoxy) is 1. The molecule has 1 aromatic carbocycles. The van der Waals surface area contributed by atoms with Crippen LogP contribution in [0, 0.1) is 0 Å². The number of hydrogen-bond acceptors (Lipinski definition) is 6. The molecule has 134 valence electrons. The third-order valence-electron chi connectivity index (χ3n) is 4.36. The number of aromatic nitrogens is 2. The lowest BCUT2D eigenvalue weighted by Gasteiger charge is -2.32. The second-order valence-corrected chi connectivity index (χ2v) is 6.17. The van der Waals surface area contributed by atoms with Gasteiger partial charge in [0.25, 0.3) is 5.89 Å². The van der Waals surface area contributed by atoms with Crippen LogP contribution in [0.1, 0.15) is 38.6 Å². The Morgan fingerprint density at radius 3 is 2.76 bits per heavy atom. The predicted molar refractivity (Wildman–Crippen MR) is 92.9 cm³/mol. The molecule has 1 atom stereocenters. The largest absolute Gasteiger partial charge is 0.450 e. The Morgan fingerprint density at radius 1 is 1.36 bits per heavy atom. The summed E-state index contributed by atoms with van der Waals surface area (Å²) in [6.45, 7) is 5.66. The van der Waals surface area contributed by atoms with Gasteiger partial charge in [0.05, 0.1) is 12.6 Å². The van der Waals surface area contributed by atoms with Gasteiger partial charge in [0, 0.05) is 24.7 Å². The zero-order valence-corrected chi connectivity index (χ0v) is 14.6. The molecule has 0 bridgehead atoms. The standard InChI is InChI=1S/C18H24N4O3/c1-3-24-18(23)22-11-9-15(10-12-22)19-13(2)16-20-17(25-21-16)14-7-5-4-6-8-14/h4-8,13,15,19H,3,9-12H2,1-2H3/t13-/m0/s1. The minimum absolute atomic E-state index is 0.0136. The first-order chi connectivity index (χ1) is 12.2. The van der Waals surface area contributed by atoms with Crippen molar-refractivity contribution in [2.24, 2.45) is 0 Å². The molecular weight excluding hydrogens is 320 g/mol. The molecule has 1 N–H and O–H groups in total. The molecule has 0 spiro atoms. The second kappa shape index (κ2) is 8.11. The molecule has 0 radical (unpaired) electrons. The van der Waals surface area contributed by atoms with E-state index in [0.29, 0.717) is 37.5 Å². The van der Waals surface area contributed by atoms with Crippen molar-refractivity contribution in [3.8, 4) is 11.5 Å². The highest BCUT2D eigenvalue weighted by Gasteiger charge is 2.25. The molecule has 1 saturated heterocycles. The van der Waals surface area contributed by atoms with Gasteiger partial charge in [-0.15, -0.1) is 0 Å². The van der Waals surface area contributed by atoms with Gasteiger partial charge >= 0.3 is 6.09 Å².